The van der Waals surface area contributed by atoms with Crippen LogP contribution >= 0.6 is 12.2 Å². The molecule has 0 aliphatic heterocycles. The Kier molecular flexibility index (Phi) is 5.00. The first-order valence-electron chi connectivity index (χ1n) is 7.61. The van der Waals surface area contributed by atoms with Crippen molar-refractivity contribution in [3.8, 4) is 11.6 Å². The van der Waals surface area contributed by atoms with E-state index in [1.165, 1.54) is 6.07 Å². The minimum atomic E-state index is -4.83. The summed E-state index contributed by atoms with van der Waals surface area (Å²) < 4.78 is 41.0. The van der Waals surface area contributed by atoms with Gasteiger partial charge in [-0.15, -0.1) is 23.4 Å². The molecule has 0 aliphatic carbocycles. The molecule has 0 amide bonds. The molecule has 0 fully saturated rings. The fourth-order valence-corrected chi connectivity index (χ4v) is 2.48. The average Bonchev–Trinajstić information content (AvgIpc) is 2.88. The second-order valence-electron chi connectivity index (χ2n) is 5.57. The van der Waals surface area contributed by atoms with Crippen LogP contribution in [0.3, 0.4) is 0 Å². The Labute approximate surface area is 156 Å². The van der Waals surface area contributed by atoms with Crippen molar-refractivity contribution in [2.75, 3.05) is 5.32 Å². The minimum absolute atomic E-state index is 0.0234. The molecule has 0 atom stereocenters. The van der Waals surface area contributed by atoms with Gasteiger partial charge in [-0.1, -0.05) is 17.7 Å². The number of hydrogen-bond acceptors (Lipinski definition) is 4. The van der Waals surface area contributed by atoms with Crippen molar-refractivity contribution in [1.82, 2.24) is 4.98 Å². The first kappa shape index (κ1) is 18.6. The summed E-state index contributed by atoms with van der Waals surface area (Å²) >= 11 is 5.07. The highest BCUT2D eigenvalue weighted by atomic mass is 32.1. The molecule has 2 aromatic carbocycles. The van der Waals surface area contributed by atoms with E-state index in [1.54, 1.807) is 12.1 Å². The van der Waals surface area contributed by atoms with Gasteiger partial charge in [-0.3, -0.25) is 0 Å². The van der Waals surface area contributed by atoms with Crippen LogP contribution < -0.4 is 10.1 Å². The summed E-state index contributed by atoms with van der Waals surface area (Å²) in [6, 6.07) is 10.9. The number of azo groups is 1. The number of aromatic hydroxyl groups is 1. The van der Waals surface area contributed by atoms with Crippen molar-refractivity contribution < 1.29 is 23.0 Å². The number of aromatic nitrogens is 1. The average molecular weight is 394 g/mol. The van der Waals surface area contributed by atoms with E-state index in [0.717, 1.165) is 17.7 Å². The van der Waals surface area contributed by atoms with E-state index < -0.39 is 12.1 Å². The second kappa shape index (κ2) is 7.23. The number of H-pyrrole nitrogens is 1. The van der Waals surface area contributed by atoms with E-state index in [2.05, 4.69) is 25.3 Å². The molecule has 140 valence electrons. The number of nitrogens with zero attached hydrogens (tertiary/aromatic N) is 2. The lowest BCUT2D eigenvalue weighted by Gasteiger charge is -2.08. The Hall–Kier alpha value is -3.14. The van der Waals surface area contributed by atoms with E-state index >= 15 is 0 Å². The van der Waals surface area contributed by atoms with Gasteiger partial charge in [0.1, 0.15) is 5.75 Å². The number of rotatable bonds is 3. The monoisotopic (exact) mass is 394 g/mol. The third kappa shape index (κ3) is 4.73. The van der Waals surface area contributed by atoms with Gasteiger partial charge in [-0.05, 0) is 49.5 Å². The van der Waals surface area contributed by atoms with Crippen LogP contribution in [-0.2, 0) is 0 Å². The second-order valence-corrected chi connectivity index (χ2v) is 5.96. The third-order valence-corrected chi connectivity index (χ3v) is 3.68. The fourth-order valence-electron chi connectivity index (χ4n) is 2.32. The maximum Gasteiger partial charge on any atom is 0.573 e. The number of aryl methyl sites for hydroxylation is 1. The number of anilines is 1. The van der Waals surface area contributed by atoms with Crippen LogP contribution in [0.2, 0.25) is 0 Å². The van der Waals surface area contributed by atoms with Gasteiger partial charge in [0.25, 0.3) is 0 Å². The van der Waals surface area contributed by atoms with Gasteiger partial charge in [0, 0.05) is 11.1 Å². The molecule has 6 nitrogen and oxygen atoms in total. The van der Waals surface area contributed by atoms with Gasteiger partial charge in [0.15, 0.2) is 5.69 Å². The topological polar surface area (TPSA) is 82.0 Å². The Morgan fingerprint density at radius 2 is 1.89 bits per heavy atom. The van der Waals surface area contributed by atoms with Crippen molar-refractivity contribution in [2.45, 2.75) is 13.3 Å². The molecule has 0 radical (unpaired) electrons. The maximum absolute atomic E-state index is 12.4. The SMILES string of the molecule is Cc1ccc(NC(=S)N=Nc2c(O)[nH]c3ccc(OC(F)(F)F)cc23)cc1. The molecule has 3 aromatic rings. The Morgan fingerprint density at radius 3 is 2.56 bits per heavy atom. The molecule has 1 heterocycles. The number of fused-ring (bicyclic) bond motifs is 1. The van der Waals surface area contributed by atoms with Gasteiger partial charge in [-0.25, -0.2) is 0 Å². The smallest absolute Gasteiger partial charge is 0.493 e. The maximum atomic E-state index is 12.4. The number of halogens is 3. The molecule has 0 unspecified atom stereocenters. The van der Waals surface area contributed by atoms with E-state index in [4.69, 9.17) is 12.2 Å². The van der Waals surface area contributed by atoms with Crippen LogP contribution in [0, 0.1) is 6.92 Å². The van der Waals surface area contributed by atoms with Crippen molar-refractivity contribution >= 4 is 39.6 Å². The quantitative estimate of drug-likeness (QED) is 0.401. The zero-order valence-electron chi connectivity index (χ0n) is 13.8. The molecule has 0 bridgehead atoms. The van der Waals surface area contributed by atoms with Crippen molar-refractivity contribution in [2.24, 2.45) is 10.2 Å². The van der Waals surface area contributed by atoms with Crippen molar-refractivity contribution in [3.63, 3.8) is 0 Å². The Balaban J connectivity index is 1.83. The van der Waals surface area contributed by atoms with Crippen LogP contribution in [-0.4, -0.2) is 21.6 Å². The molecule has 0 saturated heterocycles. The van der Waals surface area contributed by atoms with E-state index in [9.17, 15) is 18.3 Å². The minimum Gasteiger partial charge on any atom is -0.493 e. The molecule has 1 aromatic heterocycles. The number of alkyl halides is 3. The molecular weight excluding hydrogens is 381 g/mol. The summed E-state index contributed by atoms with van der Waals surface area (Å²) in [5, 5.41) is 20.7. The summed E-state index contributed by atoms with van der Waals surface area (Å²) in [5.74, 6) is -0.790. The molecule has 3 rings (SSSR count). The summed E-state index contributed by atoms with van der Waals surface area (Å²) in [4.78, 5) is 2.60. The number of hydrogen-bond donors (Lipinski definition) is 3. The predicted molar refractivity (Wildman–Crippen MR) is 98.6 cm³/mol. The van der Waals surface area contributed by atoms with Crippen molar-refractivity contribution in [1.29, 1.82) is 0 Å². The molecule has 0 spiro atoms. The summed E-state index contributed by atoms with van der Waals surface area (Å²) in [6.07, 6.45) is -4.83. The molecule has 3 N–H and O–H groups in total. The standard InChI is InChI=1S/C17H13F3N4O2S/c1-9-2-4-10(5-3-9)21-16(27)24-23-14-12-8-11(26-17(18,19)20)6-7-13(12)22-15(14)25/h2-8,22,25H,1H3,(H,21,27). The Morgan fingerprint density at radius 1 is 1.19 bits per heavy atom. The first-order valence-corrected chi connectivity index (χ1v) is 8.02. The highest BCUT2D eigenvalue weighted by molar-refractivity contribution is 7.80. The predicted octanol–water partition coefficient (Wildman–Crippen LogP) is 5.56. The van der Waals surface area contributed by atoms with Gasteiger partial charge in [0.05, 0.1) is 5.52 Å². The van der Waals surface area contributed by atoms with Crippen LogP contribution in [0.25, 0.3) is 10.9 Å². The number of ether oxygens (including phenoxy) is 1. The molecular formula is C17H13F3N4O2S. The fraction of sp³-hybridized carbons (Fsp3) is 0.118. The van der Waals surface area contributed by atoms with E-state index in [-0.39, 0.29) is 22.1 Å². The van der Waals surface area contributed by atoms with E-state index in [0.29, 0.717) is 11.2 Å². The lowest BCUT2D eigenvalue weighted by Crippen LogP contribution is -2.16. The summed E-state index contributed by atoms with van der Waals surface area (Å²) in [5.41, 5.74) is 2.10. The van der Waals surface area contributed by atoms with Crippen molar-refractivity contribution in [3.05, 3.63) is 48.0 Å². The number of aromatic amines is 1. The molecule has 27 heavy (non-hydrogen) atoms. The van der Waals surface area contributed by atoms with Gasteiger partial charge < -0.3 is 20.1 Å². The van der Waals surface area contributed by atoms with Gasteiger partial charge in [-0.2, -0.15) is 0 Å². The van der Waals surface area contributed by atoms with Crippen LogP contribution in [0.4, 0.5) is 24.5 Å². The number of benzene rings is 2. The van der Waals surface area contributed by atoms with Crippen LogP contribution in [0.5, 0.6) is 11.6 Å². The van der Waals surface area contributed by atoms with Gasteiger partial charge in [0.2, 0.25) is 11.0 Å². The highest BCUT2D eigenvalue weighted by Gasteiger charge is 2.31. The number of nitrogens with one attached hydrogen (secondary N) is 2. The van der Waals surface area contributed by atoms with E-state index in [1.807, 2.05) is 19.1 Å². The molecule has 0 saturated carbocycles. The molecule has 10 heteroatoms. The lowest BCUT2D eigenvalue weighted by atomic mass is 10.2. The molecule has 0 aliphatic rings. The highest BCUT2D eigenvalue weighted by Crippen LogP contribution is 2.38. The summed E-state index contributed by atoms with van der Waals surface area (Å²) in [6.45, 7) is 1.94. The Bertz CT molecular complexity index is 1010. The summed E-state index contributed by atoms with van der Waals surface area (Å²) in [7, 11) is 0. The van der Waals surface area contributed by atoms with Gasteiger partial charge >= 0.3 is 6.36 Å². The zero-order chi connectivity index (χ0) is 19.6. The number of thiocarbonyl (C=S) groups is 1. The van der Waals surface area contributed by atoms with Crippen LogP contribution in [0.15, 0.2) is 52.7 Å². The zero-order valence-corrected chi connectivity index (χ0v) is 14.6. The lowest BCUT2D eigenvalue weighted by molar-refractivity contribution is -0.274. The third-order valence-electron chi connectivity index (χ3n) is 3.50. The normalized spacial score (nSPS) is 11.9. The van der Waals surface area contributed by atoms with Crippen LogP contribution in [0.1, 0.15) is 5.56 Å². The first-order chi connectivity index (χ1) is 12.7. The largest absolute Gasteiger partial charge is 0.573 e.